The number of carbonyl (C=O) groups excluding carboxylic acids is 3. The lowest BCUT2D eigenvalue weighted by Crippen LogP contribution is -2.45. The lowest BCUT2D eigenvalue weighted by Gasteiger charge is -2.24. The highest BCUT2D eigenvalue weighted by Gasteiger charge is 2.44. The molecule has 0 saturated carbocycles. The fraction of sp³-hybridized carbons (Fsp3) is 0.0870. The predicted octanol–water partition coefficient (Wildman–Crippen LogP) is 2.92. The lowest BCUT2D eigenvalue weighted by molar-refractivity contribution is -0.115. The molecule has 1 aliphatic rings. The van der Waals surface area contributed by atoms with Crippen molar-refractivity contribution in [1.29, 1.82) is 0 Å². The first-order valence-electron chi connectivity index (χ1n) is 9.55. The molecule has 2 amide bonds. The van der Waals surface area contributed by atoms with Crippen LogP contribution in [0.15, 0.2) is 77.7 Å². The SMILES string of the molecule is COc1ccc(S(=O)(=O)C2C(=O)Nc3cc(C(=O)Nc4ccccc4)ccc3C2=O)cc1. The molecule has 0 radical (unpaired) electrons. The van der Waals surface area contributed by atoms with Gasteiger partial charge >= 0.3 is 0 Å². The second kappa shape index (κ2) is 8.27. The number of sulfone groups is 1. The van der Waals surface area contributed by atoms with Gasteiger partial charge in [-0.15, -0.1) is 0 Å². The summed E-state index contributed by atoms with van der Waals surface area (Å²) in [6, 6.07) is 18.3. The number of rotatable bonds is 5. The highest BCUT2D eigenvalue weighted by molar-refractivity contribution is 7.93. The van der Waals surface area contributed by atoms with E-state index in [1.54, 1.807) is 24.3 Å². The van der Waals surface area contributed by atoms with Gasteiger partial charge in [0.1, 0.15) is 5.75 Å². The van der Waals surface area contributed by atoms with Crippen molar-refractivity contribution in [2.24, 2.45) is 0 Å². The largest absolute Gasteiger partial charge is 0.497 e. The molecule has 0 spiro atoms. The highest BCUT2D eigenvalue weighted by atomic mass is 32.2. The summed E-state index contributed by atoms with van der Waals surface area (Å²) in [5.74, 6) is -1.82. The van der Waals surface area contributed by atoms with Gasteiger partial charge in [0, 0.05) is 16.8 Å². The van der Waals surface area contributed by atoms with E-state index in [0.717, 1.165) is 0 Å². The minimum Gasteiger partial charge on any atom is -0.497 e. The maximum atomic E-state index is 13.0. The van der Waals surface area contributed by atoms with E-state index in [9.17, 15) is 22.8 Å². The van der Waals surface area contributed by atoms with E-state index in [0.29, 0.717) is 11.4 Å². The van der Waals surface area contributed by atoms with Crippen LogP contribution < -0.4 is 15.4 Å². The van der Waals surface area contributed by atoms with Crippen LogP contribution in [-0.2, 0) is 14.6 Å². The molecular formula is C23H18N2O6S. The lowest BCUT2D eigenvalue weighted by atomic mass is 9.99. The number of methoxy groups -OCH3 is 1. The normalized spacial score (nSPS) is 15.5. The average molecular weight is 450 g/mol. The van der Waals surface area contributed by atoms with Gasteiger partial charge in [0.15, 0.2) is 15.6 Å². The molecule has 0 fully saturated rings. The first-order chi connectivity index (χ1) is 15.3. The molecule has 1 aliphatic heterocycles. The fourth-order valence-electron chi connectivity index (χ4n) is 3.37. The number of Topliss-reactive ketones (excluding diaryl/α,β-unsaturated/α-hetero) is 1. The molecule has 3 aromatic carbocycles. The van der Waals surface area contributed by atoms with Crippen molar-refractivity contribution in [3.8, 4) is 5.75 Å². The number of carbonyl (C=O) groups is 3. The number of ether oxygens (including phenoxy) is 1. The van der Waals surface area contributed by atoms with Crippen LogP contribution in [0.4, 0.5) is 11.4 Å². The summed E-state index contributed by atoms with van der Waals surface area (Å²) in [5.41, 5.74) is 0.892. The monoisotopic (exact) mass is 450 g/mol. The van der Waals surface area contributed by atoms with Gasteiger partial charge in [-0.1, -0.05) is 18.2 Å². The van der Waals surface area contributed by atoms with Gasteiger partial charge in [0.05, 0.1) is 17.7 Å². The Labute approximate surface area is 184 Å². The average Bonchev–Trinajstić information content (AvgIpc) is 2.79. The van der Waals surface area contributed by atoms with E-state index >= 15 is 0 Å². The molecule has 162 valence electrons. The van der Waals surface area contributed by atoms with Crippen LogP contribution in [0.25, 0.3) is 0 Å². The Morgan fingerprint density at radius 1 is 0.969 bits per heavy atom. The molecule has 0 aliphatic carbocycles. The Hall–Kier alpha value is -3.98. The number of para-hydroxylation sites is 1. The molecule has 1 atom stereocenters. The maximum absolute atomic E-state index is 13.0. The van der Waals surface area contributed by atoms with Crippen LogP contribution in [0, 0.1) is 0 Å². The minimum absolute atomic E-state index is 0.0166. The summed E-state index contributed by atoms with van der Waals surface area (Å²) in [4.78, 5) is 38.0. The van der Waals surface area contributed by atoms with Gasteiger partial charge in [-0.3, -0.25) is 14.4 Å². The third kappa shape index (κ3) is 3.85. The van der Waals surface area contributed by atoms with Crippen LogP contribution in [-0.4, -0.2) is 38.4 Å². The van der Waals surface area contributed by atoms with E-state index in [1.807, 2.05) is 6.07 Å². The Balaban J connectivity index is 1.63. The van der Waals surface area contributed by atoms with E-state index in [2.05, 4.69) is 10.6 Å². The molecule has 1 heterocycles. The fourth-order valence-corrected chi connectivity index (χ4v) is 4.91. The number of hydrogen-bond donors (Lipinski definition) is 2. The van der Waals surface area contributed by atoms with Crippen molar-refractivity contribution >= 4 is 38.8 Å². The molecule has 0 aromatic heterocycles. The van der Waals surface area contributed by atoms with Crippen molar-refractivity contribution in [2.75, 3.05) is 17.7 Å². The topological polar surface area (TPSA) is 119 Å². The number of amides is 2. The minimum atomic E-state index is -4.29. The quantitative estimate of drug-likeness (QED) is 0.577. The van der Waals surface area contributed by atoms with Crippen LogP contribution in [0.5, 0.6) is 5.75 Å². The highest BCUT2D eigenvalue weighted by Crippen LogP contribution is 2.30. The zero-order valence-corrected chi connectivity index (χ0v) is 17.7. The van der Waals surface area contributed by atoms with Crippen molar-refractivity contribution in [3.05, 3.63) is 83.9 Å². The van der Waals surface area contributed by atoms with Gasteiger partial charge in [0.25, 0.3) is 11.8 Å². The van der Waals surface area contributed by atoms with Gasteiger partial charge in [-0.2, -0.15) is 0 Å². The standard InChI is InChI=1S/C23H18N2O6S/c1-31-16-8-10-17(11-9-16)32(29,30)21-20(26)18-12-7-14(13-19(18)25-23(21)28)22(27)24-15-5-3-2-4-6-15/h2-13,21H,1H3,(H,24,27)(H,25,28). The Morgan fingerprint density at radius 3 is 2.31 bits per heavy atom. The van der Waals surface area contributed by atoms with Crippen molar-refractivity contribution in [3.63, 3.8) is 0 Å². The van der Waals surface area contributed by atoms with Gasteiger partial charge in [-0.25, -0.2) is 8.42 Å². The van der Waals surface area contributed by atoms with Crippen LogP contribution >= 0.6 is 0 Å². The predicted molar refractivity (Wildman–Crippen MR) is 118 cm³/mol. The van der Waals surface area contributed by atoms with Crippen molar-refractivity contribution < 1.29 is 27.5 Å². The summed E-state index contributed by atoms with van der Waals surface area (Å²) in [6.45, 7) is 0. The Morgan fingerprint density at radius 2 is 1.66 bits per heavy atom. The molecule has 1 unspecified atom stereocenters. The first-order valence-corrected chi connectivity index (χ1v) is 11.1. The third-order valence-corrected chi connectivity index (χ3v) is 6.99. The summed E-state index contributed by atoms with van der Waals surface area (Å²) in [7, 11) is -2.85. The van der Waals surface area contributed by atoms with Gasteiger partial charge in [0.2, 0.25) is 5.25 Å². The maximum Gasteiger partial charge on any atom is 0.255 e. The molecule has 4 rings (SSSR count). The molecule has 3 aromatic rings. The number of benzene rings is 3. The van der Waals surface area contributed by atoms with E-state index in [-0.39, 0.29) is 21.7 Å². The van der Waals surface area contributed by atoms with Crippen LogP contribution in [0.3, 0.4) is 0 Å². The van der Waals surface area contributed by atoms with Crippen molar-refractivity contribution in [1.82, 2.24) is 0 Å². The molecule has 9 heteroatoms. The van der Waals surface area contributed by atoms with Gasteiger partial charge < -0.3 is 15.4 Å². The van der Waals surface area contributed by atoms with E-state index in [1.165, 1.54) is 49.6 Å². The number of fused-ring (bicyclic) bond motifs is 1. The molecule has 8 nitrogen and oxygen atoms in total. The molecule has 0 bridgehead atoms. The van der Waals surface area contributed by atoms with Crippen LogP contribution in [0.2, 0.25) is 0 Å². The molecule has 0 saturated heterocycles. The second-order valence-electron chi connectivity index (χ2n) is 7.03. The molecule has 32 heavy (non-hydrogen) atoms. The summed E-state index contributed by atoms with van der Waals surface area (Å²) >= 11 is 0. The Bertz CT molecular complexity index is 1320. The second-order valence-corrected chi connectivity index (χ2v) is 9.07. The number of ketones is 1. The third-order valence-electron chi connectivity index (χ3n) is 5.01. The smallest absolute Gasteiger partial charge is 0.255 e. The van der Waals surface area contributed by atoms with Gasteiger partial charge in [-0.05, 0) is 54.6 Å². The van der Waals surface area contributed by atoms with Crippen molar-refractivity contribution in [2.45, 2.75) is 10.1 Å². The zero-order valence-electron chi connectivity index (χ0n) is 16.9. The number of anilines is 2. The van der Waals surface area contributed by atoms with Crippen LogP contribution in [0.1, 0.15) is 20.7 Å². The van der Waals surface area contributed by atoms with E-state index in [4.69, 9.17) is 4.74 Å². The summed E-state index contributed by atoms with van der Waals surface area (Å²) < 4.78 is 31.0. The molecule has 2 N–H and O–H groups in total. The molecular weight excluding hydrogens is 432 g/mol. The Kier molecular flexibility index (Phi) is 5.50. The number of nitrogens with one attached hydrogen (secondary N) is 2. The van der Waals surface area contributed by atoms with E-state index < -0.39 is 32.7 Å². The summed E-state index contributed by atoms with van der Waals surface area (Å²) in [5, 5.41) is 3.24. The first kappa shape index (κ1) is 21.3. The number of hydrogen-bond acceptors (Lipinski definition) is 6. The summed E-state index contributed by atoms with van der Waals surface area (Å²) in [6.07, 6.45) is 0. The zero-order chi connectivity index (χ0) is 22.9.